The first-order valence-electron chi connectivity index (χ1n) is 10.7. The number of hydrogen-bond acceptors (Lipinski definition) is 7. The van der Waals surface area contributed by atoms with E-state index in [9.17, 15) is 29.4 Å². The number of aliphatic hydroxyl groups is 1. The quantitative estimate of drug-likeness (QED) is 0.230. The van der Waals surface area contributed by atoms with E-state index in [4.69, 9.17) is 5.73 Å². The number of aromatic nitrogens is 2. The van der Waals surface area contributed by atoms with Crippen molar-refractivity contribution >= 4 is 23.7 Å². The molecular weight excluding hydrogens is 420 g/mol. The van der Waals surface area contributed by atoms with E-state index in [1.54, 1.807) is 0 Å². The summed E-state index contributed by atoms with van der Waals surface area (Å²) in [5.41, 5.74) is 6.54. The Morgan fingerprint density at radius 2 is 2.03 bits per heavy atom. The molecule has 3 amide bonds. The molecule has 32 heavy (non-hydrogen) atoms. The first kappa shape index (κ1) is 25.3. The molecule has 178 valence electrons. The number of aliphatic hydroxyl groups excluding tert-OH is 1. The van der Waals surface area contributed by atoms with Crippen molar-refractivity contribution in [1.29, 1.82) is 0 Å². The van der Waals surface area contributed by atoms with Crippen molar-refractivity contribution in [2.75, 3.05) is 13.2 Å². The van der Waals surface area contributed by atoms with Crippen molar-refractivity contribution in [1.82, 2.24) is 25.5 Å². The number of carbonyl (C=O) groups excluding carboxylic acids is 3. The zero-order valence-corrected chi connectivity index (χ0v) is 18.3. The molecule has 12 heteroatoms. The Kier molecular flexibility index (Phi) is 9.14. The van der Waals surface area contributed by atoms with Gasteiger partial charge in [0.05, 0.1) is 19.0 Å². The number of nitrogens with two attached hydrogens (primary N) is 1. The number of rotatable bonds is 11. The van der Waals surface area contributed by atoms with Gasteiger partial charge >= 0.3 is 5.97 Å². The topological polar surface area (TPSA) is 191 Å². The lowest BCUT2D eigenvalue weighted by Gasteiger charge is -2.29. The maximum absolute atomic E-state index is 12.8. The fourth-order valence-corrected chi connectivity index (χ4v) is 3.54. The molecule has 12 nitrogen and oxygen atoms in total. The first-order chi connectivity index (χ1) is 15.2. The molecule has 0 aliphatic carbocycles. The summed E-state index contributed by atoms with van der Waals surface area (Å²) in [6.45, 7) is 3.43. The molecule has 5 atom stereocenters. The Morgan fingerprint density at radius 3 is 2.59 bits per heavy atom. The van der Waals surface area contributed by atoms with Crippen LogP contribution in [0.25, 0.3) is 0 Å². The third-order valence-corrected chi connectivity index (χ3v) is 5.79. The van der Waals surface area contributed by atoms with Gasteiger partial charge < -0.3 is 36.5 Å². The van der Waals surface area contributed by atoms with Crippen LogP contribution in [0.3, 0.4) is 0 Å². The summed E-state index contributed by atoms with van der Waals surface area (Å²) in [7, 11) is 0. The third kappa shape index (κ3) is 6.26. The fraction of sp³-hybridized carbons (Fsp3) is 0.650. The van der Waals surface area contributed by atoms with Gasteiger partial charge in [0.25, 0.3) is 0 Å². The molecule has 1 aromatic rings. The normalized spacial score (nSPS) is 19.6. The van der Waals surface area contributed by atoms with Gasteiger partial charge in [-0.25, -0.2) is 9.78 Å². The summed E-state index contributed by atoms with van der Waals surface area (Å²) in [5, 5.41) is 23.8. The van der Waals surface area contributed by atoms with Gasteiger partial charge in [0.1, 0.15) is 18.1 Å². The number of aromatic amines is 1. The smallest absolute Gasteiger partial charge is 0.326 e. The number of imidazole rings is 1. The van der Waals surface area contributed by atoms with Gasteiger partial charge in [-0.15, -0.1) is 0 Å². The molecule has 0 saturated carbocycles. The van der Waals surface area contributed by atoms with Crippen molar-refractivity contribution in [2.24, 2.45) is 11.7 Å². The maximum atomic E-state index is 12.8. The van der Waals surface area contributed by atoms with Crippen LogP contribution in [0.2, 0.25) is 0 Å². The van der Waals surface area contributed by atoms with Crippen LogP contribution in [0.4, 0.5) is 0 Å². The summed E-state index contributed by atoms with van der Waals surface area (Å²) in [6, 6.07) is -4.19. The zero-order chi connectivity index (χ0) is 23.8. The molecule has 1 saturated heterocycles. The largest absolute Gasteiger partial charge is 0.480 e. The molecule has 2 heterocycles. The van der Waals surface area contributed by atoms with Crippen LogP contribution >= 0.6 is 0 Å². The van der Waals surface area contributed by atoms with E-state index >= 15 is 0 Å². The Bertz CT molecular complexity index is 801. The number of likely N-dealkylation sites (tertiary alicyclic amines) is 1. The number of carboxylic acids is 1. The second-order valence-electron chi connectivity index (χ2n) is 8.03. The number of carbonyl (C=O) groups is 4. The van der Waals surface area contributed by atoms with Gasteiger partial charge in [0, 0.05) is 24.9 Å². The summed E-state index contributed by atoms with van der Waals surface area (Å²) >= 11 is 0. The Hall–Kier alpha value is -2.99. The Morgan fingerprint density at radius 1 is 1.31 bits per heavy atom. The van der Waals surface area contributed by atoms with E-state index in [0.717, 1.165) is 0 Å². The van der Waals surface area contributed by atoms with Gasteiger partial charge in [-0.2, -0.15) is 0 Å². The molecule has 2 rings (SSSR count). The standard InChI is InChI=1S/C20H32N6O6/c1-3-11(2)16(21)19(30)26-6-4-5-15(26)18(29)25-14(9-27)17(28)24-13(20(31)32)7-12-8-22-10-23-12/h8,10-11,13-16,27H,3-7,9,21H2,1-2H3,(H,22,23)(H,24,28)(H,25,29)(H,31,32). The van der Waals surface area contributed by atoms with Crippen LogP contribution in [-0.2, 0) is 25.6 Å². The average molecular weight is 453 g/mol. The second-order valence-corrected chi connectivity index (χ2v) is 8.03. The van der Waals surface area contributed by atoms with Crippen LogP contribution in [0.15, 0.2) is 12.5 Å². The molecular formula is C20H32N6O6. The van der Waals surface area contributed by atoms with E-state index in [1.807, 2.05) is 13.8 Å². The van der Waals surface area contributed by atoms with Crippen LogP contribution in [-0.4, -0.2) is 86.1 Å². The number of amides is 3. The van der Waals surface area contributed by atoms with Gasteiger partial charge in [0.15, 0.2) is 0 Å². The molecule has 0 spiro atoms. The summed E-state index contributed by atoms with van der Waals surface area (Å²) in [6.07, 6.45) is 4.50. The average Bonchev–Trinajstić information content (AvgIpc) is 3.47. The molecule has 0 radical (unpaired) electrons. The van der Waals surface area contributed by atoms with Crippen LogP contribution in [0.1, 0.15) is 38.8 Å². The van der Waals surface area contributed by atoms with Crippen molar-refractivity contribution < 1.29 is 29.4 Å². The van der Waals surface area contributed by atoms with Crippen molar-refractivity contribution in [3.8, 4) is 0 Å². The fourth-order valence-electron chi connectivity index (χ4n) is 3.54. The first-order valence-corrected chi connectivity index (χ1v) is 10.7. The lowest BCUT2D eigenvalue weighted by atomic mass is 9.98. The van der Waals surface area contributed by atoms with E-state index in [1.165, 1.54) is 17.4 Å². The van der Waals surface area contributed by atoms with E-state index in [0.29, 0.717) is 31.5 Å². The van der Waals surface area contributed by atoms with Crippen LogP contribution < -0.4 is 16.4 Å². The molecule has 1 aromatic heterocycles. The Balaban J connectivity index is 2.01. The lowest BCUT2D eigenvalue weighted by molar-refractivity contribution is -0.143. The van der Waals surface area contributed by atoms with Crippen molar-refractivity contribution in [2.45, 2.75) is 63.7 Å². The molecule has 1 fully saturated rings. The molecule has 0 bridgehead atoms. The highest BCUT2D eigenvalue weighted by Crippen LogP contribution is 2.20. The van der Waals surface area contributed by atoms with Gasteiger partial charge in [0.2, 0.25) is 17.7 Å². The van der Waals surface area contributed by atoms with E-state index in [-0.39, 0.29) is 18.2 Å². The lowest BCUT2D eigenvalue weighted by Crippen LogP contribution is -2.58. The maximum Gasteiger partial charge on any atom is 0.326 e. The highest BCUT2D eigenvalue weighted by molar-refractivity contribution is 5.94. The van der Waals surface area contributed by atoms with Crippen LogP contribution in [0, 0.1) is 5.92 Å². The second kappa shape index (κ2) is 11.6. The summed E-state index contributed by atoms with van der Waals surface area (Å²) < 4.78 is 0. The minimum Gasteiger partial charge on any atom is -0.480 e. The number of aliphatic carboxylic acids is 1. The minimum absolute atomic E-state index is 0.0500. The van der Waals surface area contributed by atoms with Crippen molar-refractivity contribution in [3.63, 3.8) is 0 Å². The monoisotopic (exact) mass is 452 g/mol. The van der Waals surface area contributed by atoms with Gasteiger partial charge in [-0.3, -0.25) is 14.4 Å². The predicted molar refractivity (Wildman–Crippen MR) is 113 cm³/mol. The molecule has 5 unspecified atom stereocenters. The number of nitrogens with zero attached hydrogens (tertiary/aromatic N) is 2. The molecule has 0 aromatic carbocycles. The summed E-state index contributed by atoms with van der Waals surface area (Å²) in [5.74, 6) is -3.09. The van der Waals surface area contributed by atoms with E-state index < -0.39 is 48.6 Å². The van der Waals surface area contributed by atoms with Gasteiger partial charge in [-0.1, -0.05) is 20.3 Å². The Labute approximate surface area is 185 Å². The SMILES string of the molecule is CCC(C)C(N)C(=O)N1CCCC1C(=O)NC(CO)C(=O)NC(Cc1cnc[nH]1)C(=O)O. The van der Waals surface area contributed by atoms with Gasteiger partial charge in [-0.05, 0) is 18.8 Å². The minimum atomic E-state index is -1.37. The number of H-pyrrole nitrogens is 1. The predicted octanol–water partition coefficient (Wildman–Crippen LogP) is -1.64. The molecule has 1 aliphatic rings. The number of hydrogen-bond donors (Lipinski definition) is 6. The summed E-state index contributed by atoms with van der Waals surface area (Å²) in [4.78, 5) is 57.6. The zero-order valence-electron chi connectivity index (χ0n) is 18.3. The molecule has 7 N–H and O–H groups in total. The van der Waals surface area contributed by atoms with Crippen LogP contribution in [0.5, 0.6) is 0 Å². The highest BCUT2D eigenvalue weighted by Gasteiger charge is 2.38. The number of carboxylic acid groups (broad SMARTS) is 1. The highest BCUT2D eigenvalue weighted by atomic mass is 16.4. The molecule has 1 aliphatic heterocycles. The van der Waals surface area contributed by atoms with Crippen molar-refractivity contribution in [3.05, 3.63) is 18.2 Å². The number of nitrogens with one attached hydrogen (secondary N) is 3. The van der Waals surface area contributed by atoms with E-state index in [2.05, 4.69) is 20.6 Å². The third-order valence-electron chi connectivity index (χ3n) is 5.79.